The highest BCUT2D eigenvalue weighted by atomic mass is 32.1. The van der Waals surface area contributed by atoms with E-state index in [-0.39, 0.29) is 0 Å². The Balaban J connectivity index is 1.96. The summed E-state index contributed by atoms with van der Waals surface area (Å²) in [5.41, 5.74) is 4.29. The second-order valence-electron chi connectivity index (χ2n) is 4.84. The molecule has 3 heterocycles. The van der Waals surface area contributed by atoms with Crippen molar-refractivity contribution in [1.82, 2.24) is 24.3 Å². The Hall–Kier alpha value is -1.47. The molecule has 5 nitrogen and oxygen atoms in total. The van der Waals surface area contributed by atoms with E-state index in [0.717, 1.165) is 51.7 Å². The van der Waals surface area contributed by atoms with E-state index >= 15 is 0 Å². The van der Waals surface area contributed by atoms with Crippen LogP contribution in [0.25, 0.3) is 11.2 Å². The van der Waals surface area contributed by atoms with Gasteiger partial charge in [0, 0.05) is 31.1 Å². The molecule has 0 bridgehead atoms. The summed E-state index contributed by atoms with van der Waals surface area (Å²) in [5, 5.41) is 7.77. The summed E-state index contributed by atoms with van der Waals surface area (Å²) in [6, 6.07) is 0. The first kappa shape index (κ1) is 13.5. The molecule has 1 N–H and O–H groups in total. The molecule has 0 saturated heterocycles. The standard InChI is InChI=1S/C13H17N5S2/c1-4-9-11-12(17(3)16-9)18(13(19)15-11)6-5-10-14-8(2)7-20-10/h7H,4-6H2,1-3H3,(H,15,19). The number of fused-ring (bicyclic) bond motifs is 1. The Kier molecular flexibility index (Phi) is 3.47. The van der Waals surface area contributed by atoms with E-state index in [9.17, 15) is 0 Å². The molecular formula is C13H17N5S2. The van der Waals surface area contributed by atoms with Gasteiger partial charge in [0.1, 0.15) is 5.52 Å². The fraction of sp³-hybridized carbons (Fsp3) is 0.462. The number of thiazole rings is 1. The van der Waals surface area contributed by atoms with Crippen molar-refractivity contribution >= 4 is 34.7 Å². The van der Waals surface area contributed by atoms with Crippen LogP contribution in [0.15, 0.2) is 5.38 Å². The maximum absolute atomic E-state index is 5.44. The van der Waals surface area contributed by atoms with Crippen LogP contribution in [0.4, 0.5) is 0 Å². The third-order valence-corrected chi connectivity index (χ3v) is 4.72. The van der Waals surface area contributed by atoms with Crippen LogP contribution in [0, 0.1) is 11.7 Å². The number of imidazole rings is 1. The summed E-state index contributed by atoms with van der Waals surface area (Å²) in [4.78, 5) is 7.79. The number of H-pyrrole nitrogens is 1. The van der Waals surface area contributed by atoms with Gasteiger partial charge in [0.2, 0.25) is 0 Å². The highest BCUT2D eigenvalue weighted by molar-refractivity contribution is 7.71. The van der Waals surface area contributed by atoms with Gasteiger partial charge in [-0.05, 0) is 25.6 Å². The summed E-state index contributed by atoms with van der Waals surface area (Å²) < 4.78 is 4.79. The Morgan fingerprint density at radius 2 is 2.25 bits per heavy atom. The number of rotatable bonds is 4. The van der Waals surface area contributed by atoms with Crippen LogP contribution in [0.5, 0.6) is 0 Å². The molecule has 0 saturated carbocycles. The van der Waals surface area contributed by atoms with Gasteiger partial charge in [-0.2, -0.15) is 5.10 Å². The van der Waals surface area contributed by atoms with E-state index in [4.69, 9.17) is 12.2 Å². The zero-order chi connectivity index (χ0) is 14.3. The van der Waals surface area contributed by atoms with Crippen molar-refractivity contribution in [2.24, 2.45) is 7.05 Å². The van der Waals surface area contributed by atoms with Gasteiger partial charge in [-0.3, -0.25) is 4.68 Å². The molecule has 3 aromatic rings. The third kappa shape index (κ3) is 2.20. The molecule has 0 fully saturated rings. The Labute approximate surface area is 126 Å². The minimum atomic E-state index is 0.760. The minimum absolute atomic E-state index is 0.760. The number of nitrogens with zero attached hydrogens (tertiary/aromatic N) is 4. The normalized spacial score (nSPS) is 11.6. The first-order valence-corrected chi connectivity index (χ1v) is 7.94. The number of hydrogen-bond acceptors (Lipinski definition) is 4. The fourth-order valence-corrected chi connectivity index (χ4v) is 3.50. The van der Waals surface area contributed by atoms with E-state index < -0.39 is 0 Å². The molecule has 0 spiro atoms. The molecule has 0 aromatic carbocycles. The summed E-state index contributed by atoms with van der Waals surface area (Å²) in [6.07, 6.45) is 1.80. The van der Waals surface area contributed by atoms with E-state index in [1.54, 1.807) is 11.3 Å². The highest BCUT2D eigenvalue weighted by Crippen LogP contribution is 2.19. The second kappa shape index (κ2) is 5.14. The zero-order valence-electron chi connectivity index (χ0n) is 11.8. The van der Waals surface area contributed by atoms with E-state index in [0.29, 0.717) is 0 Å². The third-order valence-electron chi connectivity index (χ3n) is 3.37. The summed E-state index contributed by atoms with van der Waals surface area (Å²) in [5.74, 6) is 0. The lowest BCUT2D eigenvalue weighted by atomic mass is 10.3. The predicted octanol–water partition coefficient (Wildman–Crippen LogP) is 3.00. The molecule has 0 amide bonds. The molecule has 0 aliphatic carbocycles. The first-order valence-electron chi connectivity index (χ1n) is 6.65. The predicted molar refractivity (Wildman–Crippen MR) is 83.8 cm³/mol. The Bertz CT molecular complexity index is 805. The Morgan fingerprint density at radius 3 is 2.90 bits per heavy atom. The van der Waals surface area contributed by atoms with Crippen LogP contribution in [0.2, 0.25) is 0 Å². The summed E-state index contributed by atoms with van der Waals surface area (Å²) >= 11 is 7.15. The zero-order valence-corrected chi connectivity index (χ0v) is 13.4. The van der Waals surface area contributed by atoms with Gasteiger partial charge in [-0.1, -0.05) is 6.92 Å². The molecule has 20 heavy (non-hydrogen) atoms. The lowest BCUT2D eigenvalue weighted by Gasteiger charge is -2.03. The molecule has 3 rings (SSSR count). The van der Waals surface area contributed by atoms with Gasteiger partial charge in [-0.25, -0.2) is 4.98 Å². The molecule has 106 valence electrons. The van der Waals surface area contributed by atoms with Crippen LogP contribution in [-0.2, 0) is 26.4 Å². The van der Waals surface area contributed by atoms with Crippen molar-refractivity contribution in [2.75, 3.05) is 0 Å². The Morgan fingerprint density at radius 1 is 1.45 bits per heavy atom. The minimum Gasteiger partial charge on any atom is -0.328 e. The van der Waals surface area contributed by atoms with Crippen molar-refractivity contribution in [3.8, 4) is 0 Å². The van der Waals surface area contributed by atoms with E-state index in [1.165, 1.54) is 0 Å². The van der Waals surface area contributed by atoms with Gasteiger partial charge < -0.3 is 9.55 Å². The lowest BCUT2D eigenvalue weighted by molar-refractivity contribution is 0.660. The molecule has 3 aromatic heterocycles. The van der Waals surface area contributed by atoms with Crippen LogP contribution in [-0.4, -0.2) is 24.3 Å². The molecule has 0 radical (unpaired) electrons. The average Bonchev–Trinajstić information content (AvgIpc) is 3.04. The first-order chi connectivity index (χ1) is 9.60. The molecular weight excluding hydrogens is 290 g/mol. The van der Waals surface area contributed by atoms with Crippen molar-refractivity contribution in [1.29, 1.82) is 0 Å². The van der Waals surface area contributed by atoms with E-state index in [1.807, 2.05) is 18.7 Å². The van der Waals surface area contributed by atoms with Crippen molar-refractivity contribution < 1.29 is 0 Å². The van der Waals surface area contributed by atoms with E-state index in [2.05, 4.69) is 31.9 Å². The smallest absolute Gasteiger partial charge is 0.179 e. The molecule has 0 atom stereocenters. The number of aryl methyl sites for hydroxylation is 5. The average molecular weight is 307 g/mol. The van der Waals surface area contributed by atoms with Crippen molar-refractivity contribution in [2.45, 2.75) is 33.2 Å². The largest absolute Gasteiger partial charge is 0.328 e. The molecule has 0 aliphatic rings. The van der Waals surface area contributed by atoms with Gasteiger partial charge in [0.15, 0.2) is 10.4 Å². The monoisotopic (exact) mass is 307 g/mol. The number of hydrogen-bond donors (Lipinski definition) is 1. The van der Waals surface area contributed by atoms with Crippen LogP contribution < -0.4 is 0 Å². The van der Waals surface area contributed by atoms with Crippen LogP contribution in [0.1, 0.15) is 23.3 Å². The van der Waals surface area contributed by atoms with Crippen LogP contribution in [0.3, 0.4) is 0 Å². The molecule has 0 unspecified atom stereocenters. The highest BCUT2D eigenvalue weighted by Gasteiger charge is 2.14. The van der Waals surface area contributed by atoms with Gasteiger partial charge in [0.25, 0.3) is 0 Å². The topological polar surface area (TPSA) is 51.4 Å². The van der Waals surface area contributed by atoms with Gasteiger partial charge in [0.05, 0.1) is 10.7 Å². The molecule has 0 aliphatic heterocycles. The van der Waals surface area contributed by atoms with Gasteiger partial charge >= 0.3 is 0 Å². The summed E-state index contributed by atoms with van der Waals surface area (Å²) in [7, 11) is 1.97. The number of aromatic nitrogens is 5. The second-order valence-corrected chi connectivity index (χ2v) is 6.17. The van der Waals surface area contributed by atoms with Crippen molar-refractivity contribution in [3.63, 3.8) is 0 Å². The van der Waals surface area contributed by atoms with Gasteiger partial charge in [-0.15, -0.1) is 11.3 Å². The van der Waals surface area contributed by atoms with Crippen molar-refractivity contribution in [3.05, 3.63) is 26.5 Å². The quantitative estimate of drug-likeness (QED) is 0.754. The lowest BCUT2D eigenvalue weighted by Crippen LogP contribution is -2.05. The maximum Gasteiger partial charge on any atom is 0.179 e. The fourth-order valence-electron chi connectivity index (χ4n) is 2.46. The maximum atomic E-state index is 5.44. The number of aromatic amines is 1. The SMILES string of the molecule is CCc1nn(C)c2c1[nH]c(=S)n2CCc1nc(C)cs1. The van der Waals surface area contributed by atoms with Crippen LogP contribution >= 0.6 is 23.6 Å². The number of nitrogens with one attached hydrogen (secondary N) is 1. The summed E-state index contributed by atoms with van der Waals surface area (Å²) in [6.45, 7) is 4.96. The molecule has 7 heteroatoms.